The first-order chi connectivity index (χ1) is 11.0. The molecule has 1 unspecified atom stereocenters. The van der Waals surface area contributed by atoms with Crippen LogP contribution in [0.25, 0.3) is 0 Å². The molecule has 1 heterocycles. The van der Waals surface area contributed by atoms with Gasteiger partial charge in [-0.3, -0.25) is 14.9 Å². The molecule has 3 rings (SSSR count). The zero-order chi connectivity index (χ0) is 16.4. The quantitative estimate of drug-likeness (QED) is 0.664. The molecule has 2 aromatic rings. The number of hydrogen-bond donors (Lipinski definition) is 2. The van der Waals surface area contributed by atoms with E-state index in [1.54, 1.807) is 0 Å². The molecule has 1 atom stereocenters. The van der Waals surface area contributed by atoms with Gasteiger partial charge in [0.25, 0.3) is 5.91 Å². The standard InChI is InChI=1S/C16H14N2O5/c19-14-6-5-11(8-13(14)18(21)22)16(20)17-9-12-7-10-3-1-2-4-15(10)23-12/h1-6,8,12,19H,7,9H2,(H,17,20). The van der Waals surface area contributed by atoms with E-state index >= 15 is 0 Å². The molecule has 2 N–H and O–H groups in total. The first-order valence-corrected chi connectivity index (χ1v) is 7.05. The third kappa shape index (κ3) is 3.08. The van der Waals surface area contributed by atoms with Gasteiger partial charge in [0, 0.05) is 18.1 Å². The highest BCUT2D eigenvalue weighted by Crippen LogP contribution is 2.28. The second-order valence-corrected chi connectivity index (χ2v) is 5.22. The van der Waals surface area contributed by atoms with Crippen LogP contribution in [0.3, 0.4) is 0 Å². The van der Waals surface area contributed by atoms with E-state index in [2.05, 4.69) is 5.32 Å². The molecule has 1 aliphatic rings. The molecule has 0 radical (unpaired) electrons. The molecule has 0 spiro atoms. The van der Waals surface area contributed by atoms with Crippen molar-refractivity contribution in [3.63, 3.8) is 0 Å². The van der Waals surface area contributed by atoms with Gasteiger partial charge >= 0.3 is 5.69 Å². The van der Waals surface area contributed by atoms with Crippen molar-refractivity contribution in [2.45, 2.75) is 12.5 Å². The van der Waals surface area contributed by atoms with Gasteiger partial charge in [-0.05, 0) is 23.8 Å². The minimum absolute atomic E-state index is 0.116. The number of nitro benzene ring substituents is 1. The van der Waals surface area contributed by atoms with Crippen LogP contribution in [0.5, 0.6) is 11.5 Å². The zero-order valence-electron chi connectivity index (χ0n) is 12.1. The van der Waals surface area contributed by atoms with E-state index in [-0.39, 0.29) is 11.7 Å². The zero-order valence-corrected chi connectivity index (χ0v) is 12.1. The van der Waals surface area contributed by atoms with Gasteiger partial charge in [0.15, 0.2) is 5.75 Å². The van der Waals surface area contributed by atoms with E-state index in [0.29, 0.717) is 13.0 Å². The molecule has 118 valence electrons. The van der Waals surface area contributed by atoms with E-state index in [4.69, 9.17) is 4.74 Å². The molecule has 23 heavy (non-hydrogen) atoms. The van der Waals surface area contributed by atoms with Gasteiger partial charge in [-0.25, -0.2) is 0 Å². The average Bonchev–Trinajstić information content (AvgIpc) is 2.95. The minimum atomic E-state index is -0.733. The van der Waals surface area contributed by atoms with Crippen molar-refractivity contribution in [1.29, 1.82) is 0 Å². The molecule has 0 saturated heterocycles. The van der Waals surface area contributed by atoms with Crippen molar-refractivity contribution < 1.29 is 19.6 Å². The summed E-state index contributed by atoms with van der Waals surface area (Å²) in [7, 11) is 0. The average molecular weight is 314 g/mol. The number of rotatable bonds is 4. The van der Waals surface area contributed by atoms with Crippen LogP contribution in [0.15, 0.2) is 42.5 Å². The summed E-state index contributed by atoms with van der Waals surface area (Å²) in [4.78, 5) is 22.1. The lowest BCUT2D eigenvalue weighted by atomic mass is 10.1. The molecule has 0 aromatic heterocycles. The third-order valence-corrected chi connectivity index (χ3v) is 3.64. The Kier molecular flexibility index (Phi) is 3.84. The van der Waals surface area contributed by atoms with Crippen molar-refractivity contribution in [2.75, 3.05) is 6.54 Å². The highest BCUT2D eigenvalue weighted by atomic mass is 16.6. The molecular weight excluding hydrogens is 300 g/mol. The van der Waals surface area contributed by atoms with Gasteiger partial charge in [-0.15, -0.1) is 0 Å². The Balaban J connectivity index is 1.63. The molecule has 2 aromatic carbocycles. The molecule has 0 fully saturated rings. The van der Waals surface area contributed by atoms with E-state index in [0.717, 1.165) is 23.4 Å². The van der Waals surface area contributed by atoms with E-state index in [1.807, 2.05) is 24.3 Å². The maximum absolute atomic E-state index is 12.1. The number of para-hydroxylation sites is 1. The van der Waals surface area contributed by atoms with Crippen molar-refractivity contribution in [2.24, 2.45) is 0 Å². The van der Waals surface area contributed by atoms with Gasteiger partial charge < -0.3 is 15.2 Å². The van der Waals surface area contributed by atoms with Crippen molar-refractivity contribution >= 4 is 11.6 Å². The van der Waals surface area contributed by atoms with Gasteiger partial charge in [0.1, 0.15) is 11.9 Å². The summed E-state index contributed by atoms with van der Waals surface area (Å²) in [6.07, 6.45) is 0.537. The van der Waals surface area contributed by atoms with E-state index < -0.39 is 22.3 Å². The fourth-order valence-electron chi connectivity index (χ4n) is 2.49. The summed E-state index contributed by atoms with van der Waals surface area (Å²) in [5.41, 5.74) is 0.708. The smallest absolute Gasteiger partial charge is 0.311 e. The van der Waals surface area contributed by atoms with E-state index in [9.17, 15) is 20.0 Å². The molecule has 1 aliphatic heterocycles. The summed E-state index contributed by atoms with van der Waals surface area (Å²) in [5.74, 6) is -0.110. The normalized spacial score (nSPS) is 15.6. The lowest BCUT2D eigenvalue weighted by molar-refractivity contribution is -0.385. The number of amides is 1. The van der Waals surface area contributed by atoms with E-state index in [1.165, 1.54) is 6.07 Å². The predicted molar refractivity (Wildman–Crippen MR) is 81.7 cm³/mol. The topological polar surface area (TPSA) is 102 Å². The second-order valence-electron chi connectivity index (χ2n) is 5.22. The van der Waals surface area contributed by atoms with Crippen molar-refractivity contribution in [1.82, 2.24) is 5.32 Å². The summed E-state index contributed by atoms with van der Waals surface area (Å²) in [6, 6.07) is 11.2. The highest BCUT2D eigenvalue weighted by molar-refractivity contribution is 5.95. The fraction of sp³-hybridized carbons (Fsp3) is 0.188. The Bertz CT molecular complexity index is 750. The molecule has 0 saturated carbocycles. The van der Waals surface area contributed by atoms with Crippen LogP contribution in [-0.2, 0) is 6.42 Å². The Hall–Kier alpha value is -3.09. The fourth-order valence-corrected chi connectivity index (χ4v) is 2.49. The van der Waals surface area contributed by atoms with Crippen molar-refractivity contribution in [3.05, 3.63) is 63.7 Å². The maximum atomic E-state index is 12.1. The molecular formula is C16H14N2O5. The summed E-state index contributed by atoms with van der Waals surface area (Å²) >= 11 is 0. The molecule has 7 nitrogen and oxygen atoms in total. The van der Waals surface area contributed by atoms with Gasteiger partial charge in [0.2, 0.25) is 0 Å². The van der Waals surface area contributed by atoms with Gasteiger partial charge in [-0.2, -0.15) is 0 Å². The largest absolute Gasteiger partial charge is 0.502 e. The molecule has 0 aliphatic carbocycles. The maximum Gasteiger partial charge on any atom is 0.311 e. The first kappa shape index (κ1) is 14.8. The van der Waals surface area contributed by atoms with Crippen LogP contribution in [0.1, 0.15) is 15.9 Å². The lowest BCUT2D eigenvalue weighted by Crippen LogP contribution is -2.34. The summed E-state index contributed by atoms with van der Waals surface area (Å²) in [5, 5.41) is 22.9. The van der Waals surface area contributed by atoms with Crippen LogP contribution in [0.2, 0.25) is 0 Å². The van der Waals surface area contributed by atoms with Crippen LogP contribution in [0, 0.1) is 10.1 Å². The lowest BCUT2D eigenvalue weighted by Gasteiger charge is -2.12. The highest BCUT2D eigenvalue weighted by Gasteiger charge is 2.23. The number of benzene rings is 2. The minimum Gasteiger partial charge on any atom is -0.502 e. The summed E-state index contributed by atoms with van der Waals surface area (Å²) in [6.45, 7) is 0.294. The number of phenolic OH excluding ortho intramolecular Hbond substituents is 1. The van der Waals surface area contributed by atoms with Crippen LogP contribution >= 0.6 is 0 Å². The number of ether oxygens (including phenoxy) is 1. The Labute approximate surface area is 131 Å². The first-order valence-electron chi connectivity index (χ1n) is 7.05. The second kappa shape index (κ2) is 5.96. The van der Waals surface area contributed by atoms with Crippen LogP contribution in [0.4, 0.5) is 5.69 Å². The molecule has 0 bridgehead atoms. The number of aromatic hydroxyl groups is 1. The number of fused-ring (bicyclic) bond motifs is 1. The number of carbonyl (C=O) groups is 1. The number of carbonyl (C=O) groups excluding carboxylic acids is 1. The summed E-state index contributed by atoms with van der Waals surface area (Å²) < 4.78 is 5.71. The van der Waals surface area contributed by atoms with Gasteiger partial charge in [0.05, 0.1) is 11.5 Å². The number of nitrogens with zero attached hydrogens (tertiary/aromatic N) is 1. The van der Waals surface area contributed by atoms with Gasteiger partial charge in [-0.1, -0.05) is 18.2 Å². The van der Waals surface area contributed by atoms with Crippen LogP contribution < -0.4 is 10.1 Å². The van der Waals surface area contributed by atoms with Crippen LogP contribution in [-0.4, -0.2) is 28.6 Å². The molecule has 7 heteroatoms. The third-order valence-electron chi connectivity index (χ3n) is 3.64. The van der Waals surface area contributed by atoms with Crippen molar-refractivity contribution in [3.8, 4) is 11.5 Å². The monoisotopic (exact) mass is 314 g/mol. The number of nitro groups is 1. The predicted octanol–water partition coefficient (Wildman–Crippen LogP) is 2.03. The number of phenols is 1. The molecule has 1 amide bonds. The Morgan fingerprint density at radius 1 is 1.35 bits per heavy atom. The number of nitrogens with one attached hydrogen (secondary N) is 1. The SMILES string of the molecule is O=C(NCC1Cc2ccccc2O1)c1ccc(O)c([N+](=O)[O-])c1. The Morgan fingerprint density at radius 2 is 2.13 bits per heavy atom. The Morgan fingerprint density at radius 3 is 2.87 bits per heavy atom. The number of hydrogen-bond acceptors (Lipinski definition) is 5.